The van der Waals surface area contributed by atoms with E-state index in [0.29, 0.717) is 4.47 Å². The molecule has 0 fully saturated rings. The third-order valence-corrected chi connectivity index (χ3v) is 1.91. The molecule has 0 aromatic heterocycles. The van der Waals surface area contributed by atoms with Crippen molar-refractivity contribution in [3.05, 3.63) is 34.1 Å². The molecule has 72 valence electrons. The molecule has 5 heteroatoms. The molecule has 2 N–H and O–H groups in total. The molecule has 0 aliphatic rings. The summed E-state index contributed by atoms with van der Waals surface area (Å²) in [5.41, 5.74) is 5.13. The molecule has 13 heavy (non-hydrogen) atoms. The predicted molar refractivity (Wildman–Crippen MR) is 54.7 cm³/mol. The van der Waals surface area contributed by atoms with E-state index in [2.05, 4.69) is 15.9 Å². The van der Waals surface area contributed by atoms with E-state index in [1.54, 1.807) is 0 Å². The number of rotatable bonds is 2. The van der Waals surface area contributed by atoms with Gasteiger partial charge in [-0.25, -0.2) is 4.39 Å². The minimum Gasteiger partial charge on any atom is -0.324 e. The Bertz CT molecular complexity index is 319. The standard InChI is InChI=1S/C8H7BrFNO.ClH/c9-5-1-2-7(10)6(3-5)8(12)4-11;/h1-3H,4,11H2;1H. The summed E-state index contributed by atoms with van der Waals surface area (Å²) < 4.78 is 13.6. The van der Waals surface area contributed by atoms with Gasteiger partial charge in [0.15, 0.2) is 5.78 Å². The number of ketones is 1. The highest BCUT2D eigenvalue weighted by atomic mass is 79.9. The lowest BCUT2D eigenvalue weighted by Gasteiger charge is -1.99. The van der Waals surface area contributed by atoms with Crippen LogP contribution in [0.5, 0.6) is 0 Å². The second-order valence-electron chi connectivity index (χ2n) is 2.25. The van der Waals surface area contributed by atoms with Crippen LogP contribution in [0.15, 0.2) is 22.7 Å². The van der Waals surface area contributed by atoms with E-state index in [0.717, 1.165) is 0 Å². The molecule has 0 saturated heterocycles. The lowest BCUT2D eigenvalue weighted by molar-refractivity contribution is 0.0997. The molecule has 0 spiro atoms. The average molecular weight is 269 g/mol. The SMILES string of the molecule is Cl.NCC(=O)c1cc(Br)ccc1F. The van der Waals surface area contributed by atoms with Crippen molar-refractivity contribution in [2.75, 3.05) is 6.54 Å². The number of hydrogen-bond acceptors (Lipinski definition) is 2. The van der Waals surface area contributed by atoms with E-state index in [-0.39, 0.29) is 24.5 Å². The molecule has 0 unspecified atom stereocenters. The Morgan fingerprint density at radius 3 is 2.69 bits per heavy atom. The Balaban J connectivity index is 0.00000144. The summed E-state index contributed by atoms with van der Waals surface area (Å²) in [5.74, 6) is -0.928. The number of benzene rings is 1. The lowest BCUT2D eigenvalue weighted by Crippen LogP contribution is -2.14. The van der Waals surface area contributed by atoms with Crippen LogP contribution in [0, 0.1) is 5.82 Å². The van der Waals surface area contributed by atoms with Crippen LogP contribution in [0.4, 0.5) is 4.39 Å². The molecule has 1 aromatic rings. The number of carbonyl (C=O) groups excluding carboxylic acids is 1. The fraction of sp³-hybridized carbons (Fsp3) is 0.125. The van der Waals surface area contributed by atoms with E-state index in [1.807, 2.05) is 0 Å². The monoisotopic (exact) mass is 267 g/mol. The number of carbonyl (C=O) groups is 1. The summed E-state index contributed by atoms with van der Waals surface area (Å²) in [6, 6.07) is 4.18. The van der Waals surface area contributed by atoms with Crippen LogP contribution < -0.4 is 5.73 Å². The minimum atomic E-state index is -0.534. The molecule has 0 amide bonds. The summed E-state index contributed by atoms with van der Waals surface area (Å²) in [7, 11) is 0. The maximum atomic E-state index is 12.9. The van der Waals surface area contributed by atoms with Gasteiger partial charge in [0.05, 0.1) is 12.1 Å². The van der Waals surface area contributed by atoms with Gasteiger partial charge in [-0.3, -0.25) is 4.79 Å². The van der Waals surface area contributed by atoms with Crippen molar-refractivity contribution in [1.82, 2.24) is 0 Å². The molecule has 0 atom stereocenters. The third-order valence-electron chi connectivity index (χ3n) is 1.41. The topological polar surface area (TPSA) is 43.1 Å². The molecule has 1 aromatic carbocycles. The first kappa shape index (κ1) is 12.6. The van der Waals surface area contributed by atoms with Crippen molar-refractivity contribution >= 4 is 34.1 Å². The molecular weight excluding hydrogens is 260 g/mol. The number of halogens is 3. The molecule has 2 nitrogen and oxygen atoms in total. The molecule has 0 bridgehead atoms. The summed E-state index contributed by atoms with van der Waals surface area (Å²) in [4.78, 5) is 11.0. The summed E-state index contributed by atoms with van der Waals surface area (Å²) in [6.45, 7) is -0.173. The fourth-order valence-electron chi connectivity index (χ4n) is 0.821. The van der Waals surface area contributed by atoms with Gasteiger partial charge in [-0.15, -0.1) is 12.4 Å². The predicted octanol–water partition coefficient (Wildman–Crippen LogP) is 2.15. The van der Waals surface area contributed by atoms with Crippen LogP contribution in [0.3, 0.4) is 0 Å². The van der Waals surface area contributed by atoms with E-state index < -0.39 is 11.6 Å². The van der Waals surface area contributed by atoms with Gasteiger partial charge in [-0.2, -0.15) is 0 Å². The molecule has 0 heterocycles. The van der Waals surface area contributed by atoms with E-state index >= 15 is 0 Å². The second-order valence-corrected chi connectivity index (χ2v) is 3.17. The van der Waals surface area contributed by atoms with Crippen LogP contribution in [0.25, 0.3) is 0 Å². The van der Waals surface area contributed by atoms with E-state index in [1.165, 1.54) is 18.2 Å². The van der Waals surface area contributed by atoms with E-state index in [9.17, 15) is 9.18 Å². The van der Waals surface area contributed by atoms with Gasteiger partial charge in [0.1, 0.15) is 5.82 Å². The molecular formula is C8H8BrClFNO. The lowest BCUT2D eigenvalue weighted by atomic mass is 10.1. The Hall–Kier alpha value is -0.450. The van der Waals surface area contributed by atoms with Crippen molar-refractivity contribution < 1.29 is 9.18 Å². The van der Waals surface area contributed by atoms with Gasteiger partial charge in [0.2, 0.25) is 0 Å². The Labute approximate surface area is 89.8 Å². The zero-order chi connectivity index (χ0) is 9.14. The van der Waals surface area contributed by atoms with Gasteiger partial charge in [0.25, 0.3) is 0 Å². The van der Waals surface area contributed by atoms with Crippen LogP contribution in [-0.4, -0.2) is 12.3 Å². The molecule has 1 rings (SSSR count). The number of Topliss-reactive ketones (excluding diaryl/α,β-unsaturated/α-hetero) is 1. The van der Waals surface area contributed by atoms with Gasteiger partial charge in [0, 0.05) is 4.47 Å². The summed E-state index contributed by atoms with van der Waals surface area (Å²) >= 11 is 3.13. The maximum absolute atomic E-state index is 12.9. The van der Waals surface area contributed by atoms with Crippen molar-refractivity contribution in [3.63, 3.8) is 0 Å². The first-order valence-corrected chi connectivity index (χ1v) is 4.12. The second kappa shape index (κ2) is 5.32. The van der Waals surface area contributed by atoms with E-state index in [4.69, 9.17) is 5.73 Å². The first-order valence-electron chi connectivity index (χ1n) is 3.33. The third kappa shape index (κ3) is 3.06. The molecule has 0 saturated carbocycles. The number of hydrogen-bond donors (Lipinski definition) is 1. The van der Waals surface area contributed by atoms with Gasteiger partial charge >= 0.3 is 0 Å². The van der Waals surface area contributed by atoms with Crippen molar-refractivity contribution in [2.24, 2.45) is 5.73 Å². The number of nitrogens with two attached hydrogens (primary N) is 1. The van der Waals surface area contributed by atoms with Gasteiger partial charge in [-0.05, 0) is 18.2 Å². The van der Waals surface area contributed by atoms with Gasteiger partial charge in [-0.1, -0.05) is 15.9 Å². The molecule has 0 aliphatic heterocycles. The zero-order valence-corrected chi connectivity index (χ0v) is 8.99. The largest absolute Gasteiger partial charge is 0.324 e. The van der Waals surface area contributed by atoms with Crippen LogP contribution >= 0.6 is 28.3 Å². The summed E-state index contributed by atoms with van der Waals surface area (Å²) in [6.07, 6.45) is 0. The minimum absolute atomic E-state index is 0. The smallest absolute Gasteiger partial charge is 0.179 e. The molecule has 0 radical (unpaired) electrons. The van der Waals surface area contributed by atoms with Crippen LogP contribution in [-0.2, 0) is 0 Å². The van der Waals surface area contributed by atoms with Crippen molar-refractivity contribution in [2.45, 2.75) is 0 Å². The summed E-state index contributed by atoms with van der Waals surface area (Å²) in [5, 5.41) is 0. The Morgan fingerprint density at radius 1 is 1.54 bits per heavy atom. The van der Waals surface area contributed by atoms with Crippen LogP contribution in [0.1, 0.15) is 10.4 Å². The maximum Gasteiger partial charge on any atom is 0.179 e. The first-order chi connectivity index (χ1) is 5.65. The molecule has 0 aliphatic carbocycles. The Morgan fingerprint density at radius 2 is 2.15 bits per heavy atom. The highest BCUT2D eigenvalue weighted by Crippen LogP contribution is 2.15. The fourth-order valence-corrected chi connectivity index (χ4v) is 1.18. The van der Waals surface area contributed by atoms with Crippen molar-refractivity contribution in [3.8, 4) is 0 Å². The normalized spacial score (nSPS) is 9.15. The average Bonchev–Trinajstić information content (AvgIpc) is 2.08. The zero-order valence-electron chi connectivity index (χ0n) is 6.59. The van der Waals surface area contributed by atoms with Gasteiger partial charge < -0.3 is 5.73 Å². The van der Waals surface area contributed by atoms with Crippen molar-refractivity contribution in [1.29, 1.82) is 0 Å². The highest BCUT2D eigenvalue weighted by Gasteiger charge is 2.09. The Kier molecular flexibility index (Phi) is 5.13. The highest BCUT2D eigenvalue weighted by molar-refractivity contribution is 9.10. The van der Waals surface area contributed by atoms with Crippen LogP contribution in [0.2, 0.25) is 0 Å². The quantitative estimate of drug-likeness (QED) is 0.835.